The van der Waals surface area contributed by atoms with Crippen LogP contribution in [0.3, 0.4) is 0 Å². The summed E-state index contributed by atoms with van der Waals surface area (Å²) in [5.74, 6) is 0.409. The monoisotopic (exact) mass is 446 g/mol. The smallest absolute Gasteiger partial charge is 0.256 e. The van der Waals surface area contributed by atoms with E-state index in [2.05, 4.69) is 43.8 Å². The first-order valence-electron chi connectivity index (χ1n) is 5.71. The highest BCUT2D eigenvalue weighted by atomic mass is 127. The Bertz CT molecular complexity index is 662. The molecule has 0 radical (unpaired) electrons. The van der Waals surface area contributed by atoms with Gasteiger partial charge in [-0.15, -0.1) is 0 Å². The highest BCUT2D eigenvalue weighted by Gasteiger charge is 2.12. The number of ether oxygens (including phenoxy) is 1. The van der Waals surface area contributed by atoms with Crippen molar-refractivity contribution in [3.05, 3.63) is 50.0 Å². The summed E-state index contributed by atoms with van der Waals surface area (Å²) in [4.78, 5) is 12.3. The molecular weight excluding hydrogens is 435 g/mol. The summed E-state index contributed by atoms with van der Waals surface area (Å²) < 4.78 is 6.84. The Hall–Kier alpha value is -1.28. The summed E-state index contributed by atoms with van der Waals surface area (Å²) in [6.07, 6.45) is 0. The second-order valence-electron chi connectivity index (χ2n) is 4.03. The zero-order valence-electron chi connectivity index (χ0n) is 10.6. The fourth-order valence-electron chi connectivity index (χ4n) is 1.63. The predicted molar refractivity (Wildman–Crippen MR) is 92.2 cm³/mol. The number of rotatable bonds is 3. The van der Waals surface area contributed by atoms with E-state index in [1.807, 2.05) is 12.1 Å². The summed E-state index contributed by atoms with van der Waals surface area (Å²) in [7, 11) is 1.56. The molecule has 0 fully saturated rings. The van der Waals surface area contributed by atoms with Gasteiger partial charge in [-0.05, 0) is 68.9 Å². The van der Waals surface area contributed by atoms with E-state index in [4.69, 9.17) is 10.5 Å². The fraction of sp³-hybridized carbons (Fsp3) is 0.0714. The molecule has 3 N–H and O–H groups in total. The third-order valence-corrected chi connectivity index (χ3v) is 4.04. The van der Waals surface area contributed by atoms with Crippen molar-refractivity contribution in [2.75, 3.05) is 18.2 Å². The minimum atomic E-state index is -0.227. The molecule has 4 nitrogen and oxygen atoms in total. The zero-order chi connectivity index (χ0) is 14.7. The maximum absolute atomic E-state index is 12.3. The second-order valence-corrected chi connectivity index (χ2v) is 6.13. The lowest BCUT2D eigenvalue weighted by molar-refractivity contribution is 0.102. The number of nitrogen functional groups attached to an aromatic ring is 1. The van der Waals surface area contributed by atoms with Gasteiger partial charge in [0, 0.05) is 14.1 Å². The van der Waals surface area contributed by atoms with Gasteiger partial charge < -0.3 is 15.8 Å². The number of anilines is 2. The van der Waals surface area contributed by atoms with Crippen molar-refractivity contribution >= 4 is 55.8 Å². The summed E-state index contributed by atoms with van der Waals surface area (Å²) >= 11 is 5.53. The van der Waals surface area contributed by atoms with E-state index in [0.717, 1.165) is 8.04 Å². The average Bonchev–Trinajstić information content (AvgIpc) is 2.43. The summed E-state index contributed by atoms with van der Waals surface area (Å²) in [5.41, 5.74) is 7.42. The molecule has 1 amide bonds. The predicted octanol–water partition coefficient (Wildman–Crippen LogP) is 3.90. The van der Waals surface area contributed by atoms with Crippen molar-refractivity contribution in [2.24, 2.45) is 0 Å². The molecule has 0 spiro atoms. The number of nitrogens with two attached hydrogens (primary N) is 1. The van der Waals surface area contributed by atoms with Crippen LogP contribution in [-0.2, 0) is 0 Å². The molecule has 0 saturated heterocycles. The van der Waals surface area contributed by atoms with Crippen LogP contribution in [-0.4, -0.2) is 13.0 Å². The molecule has 20 heavy (non-hydrogen) atoms. The van der Waals surface area contributed by atoms with Crippen LogP contribution in [0.5, 0.6) is 5.75 Å². The molecule has 104 valence electrons. The average molecular weight is 447 g/mol. The van der Waals surface area contributed by atoms with Gasteiger partial charge in [0.05, 0.1) is 24.0 Å². The largest absolute Gasteiger partial charge is 0.497 e. The SMILES string of the molecule is COc1ccc(N)c(NC(=O)c2cc(I)ccc2Br)c1. The molecule has 0 bridgehead atoms. The van der Waals surface area contributed by atoms with Crippen LogP contribution in [0.1, 0.15) is 10.4 Å². The fourth-order valence-corrected chi connectivity index (χ4v) is 2.55. The summed E-state index contributed by atoms with van der Waals surface area (Å²) in [6, 6.07) is 10.7. The van der Waals surface area contributed by atoms with E-state index < -0.39 is 0 Å². The molecule has 2 aromatic rings. The van der Waals surface area contributed by atoms with Gasteiger partial charge in [-0.3, -0.25) is 4.79 Å². The zero-order valence-corrected chi connectivity index (χ0v) is 14.4. The van der Waals surface area contributed by atoms with E-state index in [-0.39, 0.29) is 5.91 Å². The Labute approximate surface area is 139 Å². The molecule has 0 heterocycles. The quantitative estimate of drug-likeness (QED) is 0.555. The standard InChI is InChI=1S/C14H12BrIN2O2/c1-20-9-3-5-12(17)13(7-9)18-14(19)10-6-8(16)2-4-11(10)15/h2-7H,17H2,1H3,(H,18,19). The summed E-state index contributed by atoms with van der Waals surface area (Å²) in [5, 5.41) is 2.79. The van der Waals surface area contributed by atoms with Gasteiger partial charge in [0.2, 0.25) is 0 Å². The van der Waals surface area contributed by atoms with E-state index >= 15 is 0 Å². The number of halogens is 2. The molecular formula is C14H12BrIN2O2. The topological polar surface area (TPSA) is 64.3 Å². The highest BCUT2D eigenvalue weighted by molar-refractivity contribution is 14.1. The number of methoxy groups -OCH3 is 1. The lowest BCUT2D eigenvalue weighted by Gasteiger charge is -2.11. The van der Waals surface area contributed by atoms with Crippen LogP contribution in [0, 0.1) is 3.57 Å². The van der Waals surface area contributed by atoms with Crippen LogP contribution >= 0.6 is 38.5 Å². The van der Waals surface area contributed by atoms with Gasteiger partial charge >= 0.3 is 0 Å². The van der Waals surface area contributed by atoms with Gasteiger partial charge in [0.25, 0.3) is 5.91 Å². The van der Waals surface area contributed by atoms with Gasteiger partial charge in [-0.25, -0.2) is 0 Å². The number of hydrogen-bond donors (Lipinski definition) is 2. The van der Waals surface area contributed by atoms with Crippen molar-refractivity contribution in [3.63, 3.8) is 0 Å². The third-order valence-electron chi connectivity index (χ3n) is 2.68. The molecule has 0 aliphatic carbocycles. The number of benzene rings is 2. The molecule has 0 aliphatic rings. The Kier molecular flexibility index (Phi) is 4.87. The minimum absolute atomic E-state index is 0.227. The minimum Gasteiger partial charge on any atom is -0.497 e. The van der Waals surface area contributed by atoms with Crippen molar-refractivity contribution < 1.29 is 9.53 Å². The van der Waals surface area contributed by atoms with Crippen LogP contribution in [0.2, 0.25) is 0 Å². The van der Waals surface area contributed by atoms with Crippen LogP contribution in [0.15, 0.2) is 40.9 Å². The first-order valence-corrected chi connectivity index (χ1v) is 7.58. The third kappa shape index (κ3) is 3.43. The Balaban J connectivity index is 2.30. The Morgan fingerprint density at radius 2 is 2.05 bits per heavy atom. The normalized spacial score (nSPS) is 10.2. The first-order chi connectivity index (χ1) is 9.51. The first kappa shape index (κ1) is 15.1. The van der Waals surface area contributed by atoms with Gasteiger partial charge in [0.15, 0.2) is 0 Å². The Morgan fingerprint density at radius 1 is 1.30 bits per heavy atom. The maximum atomic E-state index is 12.3. The number of amides is 1. The van der Waals surface area contributed by atoms with Crippen molar-refractivity contribution in [3.8, 4) is 5.75 Å². The van der Waals surface area contributed by atoms with Gasteiger partial charge in [-0.1, -0.05) is 0 Å². The number of carbonyl (C=O) groups excluding carboxylic acids is 1. The highest BCUT2D eigenvalue weighted by Crippen LogP contribution is 2.26. The van der Waals surface area contributed by atoms with E-state index in [1.54, 1.807) is 31.4 Å². The molecule has 2 aromatic carbocycles. The number of hydrogen-bond acceptors (Lipinski definition) is 3. The van der Waals surface area contributed by atoms with E-state index in [9.17, 15) is 4.79 Å². The number of carbonyl (C=O) groups is 1. The summed E-state index contributed by atoms with van der Waals surface area (Å²) in [6.45, 7) is 0. The second kappa shape index (κ2) is 6.45. The van der Waals surface area contributed by atoms with Crippen molar-refractivity contribution in [1.82, 2.24) is 0 Å². The van der Waals surface area contributed by atoms with Gasteiger partial charge in [-0.2, -0.15) is 0 Å². The van der Waals surface area contributed by atoms with E-state index in [0.29, 0.717) is 22.7 Å². The van der Waals surface area contributed by atoms with Crippen LogP contribution in [0.4, 0.5) is 11.4 Å². The van der Waals surface area contributed by atoms with Crippen molar-refractivity contribution in [2.45, 2.75) is 0 Å². The van der Waals surface area contributed by atoms with Gasteiger partial charge in [0.1, 0.15) is 5.75 Å². The van der Waals surface area contributed by atoms with Crippen molar-refractivity contribution in [1.29, 1.82) is 0 Å². The lowest BCUT2D eigenvalue weighted by atomic mass is 10.2. The molecule has 0 unspecified atom stereocenters. The molecule has 2 rings (SSSR count). The molecule has 0 aromatic heterocycles. The van der Waals surface area contributed by atoms with Crippen LogP contribution in [0.25, 0.3) is 0 Å². The van der Waals surface area contributed by atoms with Crippen LogP contribution < -0.4 is 15.8 Å². The van der Waals surface area contributed by atoms with E-state index in [1.165, 1.54) is 0 Å². The lowest BCUT2D eigenvalue weighted by Crippen LogP contribution is -2.14. The molecule has 0 saturated carbocycles. The molecule has 0 aliphatic heterocycles. The molecule has 0 atom stereocenters. The maximum Gasteiger partial charge on any atom is 0.256 e. The number of nitrogens with one attached hydrogen (secondary N) is 1. The Morgan fingerprint density at radius 3 is 2.75 bits per heavy atom. The molecule has 6 heteroatoms.